The zero-order valence-electron chi connectivity index (χ0n) is 12.5. The van der Waals surface area contributed by atoms with Crippen molar-refractivity contribution >= 4 is 17.9 Å². The lowest BCUT2D eigenvalue weighted by atomic mass is 9.99. The summed E-state index contributed by atoms with van der Waals surface area (Å²) in [5.41, 5.74) is 0. The van der Waals surface area contributed by atoms with Crippen LogP contribution in [0.4, 0.5) is 4.79 Å². The smallest absolute Gasteiger partial charge is 0.320 e. The molecule has 1 unspecified atom stereocenters. The first-order valence-electron chi connectivity index (χ1n) is 7.49. The van der Waals surface area contributed by atoms with E-state index in [2.05, 4.69) is 0 Å². The van der Waals surface area contributed by atoms with Crippen molar-refractivity contribution in [2.75, 3.05) is 39.8 Å². The predicted molar refractivity (Wildman–Crippen MR) is 75.8 cm³/mol. The molecule has 7 nitrogen and oxygen atoms in total. The minimum absolute atomic E-state index is 0.0323. The molecule has 21 heavy (non-hydrogen) atoms. The van der Waals surface area contributed by atoms with Crippen LogP contribution < -0.4 is 0 Å². The SMILES string of the molecule is CN(CC(=O)N1CCCC1)C(=O)N1CCCC(C(=O)O)C1. The lowest BCUT2D eigenvalue weighted by molar-refractivity contribution is -0.143. The molecule has 0 bridgehead atoms. The number of hydrogen-bond donors (Lipinski definition) is 1. The molecule has 2 heterocycles. The maximum absolute atomic E-state index is 12.3. The average molecular weight is 297 g/mol. The van der Waals surface area contributed by atoms with Crippen molar-refractivity contribution in [3.8, 4) is 0 Å². The second kappa shape index (κ2) is 6.78. The Morgan fingerprint density at radius 2 is 1.71 bits per heavy atom. The Labute approximate surface area is 124 Å². The highest BCUT2D eigenvalue weighted by Crippen LogP contribution is 2.18. The molecule has 1 atom stereocenters. The number of hydrogen-bond acceptors (Lipinski definition) is 3. The highest BCUT2D eigenvalue weighted by Gasteiger charge is 2.30. The number of aliphatic carboxylic acids is 1. The number of carboxylic acids is 1. The second-order valence-corrected chi connectivity index (χ2v) is 5.85. The van der Waals surface area contributed by atoms with Crippen LogP contribution in [0.1, 0.15) is 25.7 Å². The van der Waals surface area contributed by atoms with E-state index in [9.17, 15) is 14.4 Å². The summed E-state index contributed by atoms with van der Waals surface area (Å²) in [5.74, 6) is -1.39. The van der Waals surface area contributed by atoms with Crippen LogP contribution in [-0.4, -0.2) is 77.5 Å². The zero-order chi connectivity index (χ0) is 15.4. The van der Waals surface area contributed by atoms with Crippen LogP contribution in [0.2, 0.25) is 0 Å². The normalized spacial score (nSPS) is 22.2. The predicted octanol–water partition coefficient (Wildman–Crippen LogP) is 0.457. The molecule has 2 aliphatic heterocycles. The molecule has 0 aliphatic carbocycles. The van der Waals surface area contributed by atoms with Crippen molar-refractivity contribution in [3.05, 3.63) is 0 Å². The van der Waals surface area contributed by atoms with Gasteiger partial charge in [-0.1, -0.05) is 0 Å². The average Bonchev–Trinajstić information content (AvgIpc) is 3.00. The minimum Gasteiger partial charge on any atom is -0.481 e. The Bertz CT molecular complexity index is 420. The molecular formula is C14H23N3O4. The van der Waals surface area contributed by atoms with Crippen LogP contribution in [0.5, 0.6) is 0 Å². The minimum atomic E-state index is -0.858. The van der Waals surface area contributed by atoms with Gasteiger partial charge in [0.2, 0.25) is 5.91 Å². The summed E-state index contributed by atoms with van der Waals surface area (Å²) in [7, 11) is 1.60. The van der Waals surface area contributed by atoms with Crippen molar-refractivity contribution in [1.29, 1.82) is 0 Å². The molecule has 0 spiro atoms. The standard InChI is InChI=1S/C14H23N3O4/c1-15(10-12(18)16-6-2-3-7-16)14(21)17-8-4-5-11(9-17)13(19)20/h11H,2-10H2,1H3,(H,19,20). The molecule has 0 saturated carbocycles. The van der Waals surface area contributed by atoms with E-state index in [0.717, 1.165) is 25.9 Å². The number of amides is 3. The molecule has 0 aromatic carbocycles. The monoisotopic (exact) mass is 297 g/mol. The molecule has 118 valence electrons. The Balaban J connectivity index is 1.86. The van der Waals surface area contributed by atoms with Gasteiger partial charge in [-0.05, 0) is 25.7 Å². The number of likely N-dealkylation sites (tertiary alicyclic amines) is 2. The fourth-order valence-corrected chi connectivity index (χ4v) is 2.93. The van der Waals surface area contributed by atoms with Crippen molar-refractivity contribution in [1.82, 2.24) is 14.7 Å². The van der Waals surface area contributed by atoms with Crippen LogP contribution >= 0.6 is 0 Å². The second-order valence-electron chi connectivity index (χ2n) is 5.85. The number of likely N-dealkylation sites (N-methyl/N-ethyl adjacent to an activating group) is 1. The Morgan fingerprint density at radius 3 is 2.33 bits per heavy atom. The third-order valence-corrected chi connectivity index (χ3v) is 4.20. The highest BCUT2D eigenvalue weighted by atomic mass is 16.4. The zero-order valence-corrected chi connectivity index (χ0v) is 12.5. The van der Waals surface area contributed by atoms with E-state index in [1.165, 1.54) is 4.90 Å². The van der Waals surface area contributed by atoms with Crippen LogP contribution in [0, 0.1) is 5.92 Å². The first-order valence-corrected chi connectivity index (χ1v) is 7.49. The molecule has 0 radical (unpaired) electrons. The molecule has 0 aromatic heterocycles. The van der Waals surface area contributed by atoms with Gasteiger partial charge >= 0.3 is 12.0 Å². The number of carbonyl (C=O) groups excluding carboxylic acids is 2. The Kier molecular flexibility index (Phi) is 5.03. The van der Waals surface area contributed by atoms with Gasteiger partial charge in [-0.25, -0.2) is 4.79 Å². The molecule has 2 saturated heterocycles. The number of nitrogens with zero attached hydrogens (tertiary/aromatic N) is 3. The highest BCUT2D eigenvalue weighted by molar-refractivity contribution is 5.84. The summed E-state index contributed by atoms with van der Waals surface area (Å²) in [5, 5.41) is 9.05. The largest absolute Gasteiger partial charge is 0.481 e. The molecule has 2 rings (SSSR count). The fourth-order valence-electron chi connectivity index (χ4n) is 2.93. The summed E-state index contributed by atoms with van der Waals surface area (Å²) >= 11 is 0. The number of rotatable bonds is 3. The molecule has 2 fully saturated rings. The van der Waals surface area contributed by atoms with Crippen molar-refractivity contribution < 1.29 is 19.5 Å². The Hall–Kier alpha value is -1.79. The summed E-state index contributed by atoms with van der Waals surface area (Å²) in [6.07, 6.45) is 3.35. The summed E-state index contributed by atoms with van der Waals surface area (Å²) in [4.78, 5) is 40.1. The maximum atomic E-state index is 12.3. The quantitative estimate of drug-likeness (QED) is 0.820. The number of piperidine rings is 1. The van der Waals surface area contributed by atoms with Gasteiger partial charge < -0.3 is 19.8 Å². The van der Waals surface area contributed by atoms with E-state index in [4.69, 9.17) is 5.11 Å². The topological polar surface area (TPSA) is 81.2 Å². The lowest BCUT2D eigenvalue weighted by Crippen LogP contribution is -2.50. The van der Waals surface area contributed by atoms with E-state index in [1.807, 2.05) is 0 Å². The molecule has 7 heteroatoms. The third kappa shape index (κ3) is 3.86. The molecule has 0 aromatic rings. The van der Waals surface area contributed by atoms with Crippen LogP contribution in [0.3, 0.4) is 0 Å². The first-order chi connectivity index (χ1) is 9.99. The summed E-state index contributed by atoms with van der Waals surface area (Å²) in [6, 6.07) is -0.256. The van der Waals surface area contributed by atoms with Gasteiger partial charge in [0, 0.05) is 33.2 Å². The van der Waals surface area contributed by atoms with Crippen molar-refractivity contribution in [3.63, 3.8) is 0 Å². The van der Waals surface area contributed by atoms with Crippen LogP contribution in [0.25, 0.3) is 0 Å². The molecule has 3 amide bonds. The van der Waals surface area contributed by atoms with Crippen molar-refractivity contribution in [2.45, 2.75) is 25.7 Å². The van der Waals surface area contributed by atoms with Gasteiger partial charge in [-0.3, -0.25) is 9.59 Å². The van der Waals surface area contributed by atoms with E-state index in [1.54, 1.807) is 16.8 Å². The molecule has 2 aliphatic rings. The molecule has 1 N–H and O–H groups in total. The third-order valence-electron chi connectivity index (χ3n) is 4.20. The van der Waals surface area contributed by atoms with Crippen LogP contribution in [0.15, 0.2) is 0 Å². The van der Waals surface area contributed by atoms with Gasteiger partial charge in [0.05, 0.1) is 5.92 Å². The summed E-state index contributed by atoms with van der Waals surface area (Å²) < 4.78 is 0. The molecular weight excluding hydrogens is 274 g/mol. The maximum Gasteiger partial charge on any atom is 0.320 e. The van der Waals surface area contributed by atoms with E-state index >= 15 is 0 Å². The summed E-state index contributed by atoms with van der Waals surface area (Å²) in [6.45, 7) is 2.39. The van der Waals surface area contributed by atoms with E-state index < -0.39 is 11.9 Å². The number of carboxylic acid groups (broad SMARTS) is 1. The van der Waals surface area contributed by atoms with E-state index in [-0.39, 0.29) is 25.0 Å². The van der Waals surface area contributed by atoms with Crippen molar-refractivity contribution in [2.24, 2.45) is 5.92 Å². The first kappa shape index (κ1) is 15.6. The Morgan fingerprint density at radius 1 is 1.10 bits per heavy atom. The van der Waals surface area contributed by atoms with Gasteiger partial charge in [0.15, 0.2) is 0 Å². The van der Waals surface area contributed by atoms with Gasteiger partial charge in [0.1, 0.15) is 6.54 Å². The van der Waals surface area contributed by atoms with Gasteiger partial charge in [-0.2, -0.15) is 0 Å². The number of carbonyl (C=O) groups is 3. The lowest BCUT2D eigenvalue weighted by Gasteiger charge is -2.34. The fraction of sp³-hybridized carbons (Fsp3) is 0.786. The van der Waals surface area contributed by atoms with Crippen LogP contribution in [-0.2, 0) is 9.59 Å². The van der Waals surface area contributed by atoms with Gasteiger partial charge in [0.25, 0.3) is 0 Å². The van der Waals surface area contributed by atoms with E-state index in [0.29, 0.717) is 19.4 Å². The van der Waals surface area contributed by atoms with Gasteiger partial charge in [-0.15, -0.1) is 0 Å². The number of urea groups is 1.